The second kappa shape index (κ2) is 6.42. The smallest absolute Gasteiger partial charge is 0.0593 e. The van der Waals surface area contributed by atoms with Gasteiger partial charge in [-0.05, 0) is 50.3 Å². The van der Waals surface area contributed by atoms with E-state index in [1.54, 1.807) is 0 Å². The molecule has 0 radical (unpaired) electrons. The Kier molecular flexibility index (Phi) is 4.38. The molecule has 1 aromatic carbocycles. The molecule has 3 nitrogen and oxygen atoms in total. The maximum Gasteiger partial charge on any atom is 0.0593 e. The summed E-state index contributed by atoms with van der Waals surface area (Å²) >= 11 is 0. The number of hydrogen-bond donors (Lipinski definition) is 1. The van der Waals surface area contributed by atoms with Crippen LogP contribution in [0.15, 0.2) is 30.5 Å². The largest absolute Gasteiger partial charge is 0.378 e. The van der Waals surface area contributed by atoms with Crippen LogP contribution in [0.2, 0.25) is 0 Å². The molecule has 3 rings (SSSR count). The summed E-state index contributed by atoms with van der Waals surface area (Å²) in [6, 6.07) is 8.69. The summed E-state index contributed by atoms with van der Waals surface area (Å²) < 4.78 is 8.12. The summed E-state index contributed by atoms with van der Waals surface area (Å²) in [5.41, 5.74) is 8.42. The number of rotatable bonds is 6. The summed E-state index contributed by atoms with van der Waals surface area (Å²) in [4.78, 5) is 0. The highest BCUT2D eigenvalue weighted by Gasteiger charge is 2.16. The summed E-state index contributed by atoms with van der Waals surface area (Å²) in [7, 11) is 0. The Morgan fingerprint density at radius 1 is 1.30 bits per heavy atom. The first-order chi connectivity index (χ1) is 9.88. The van der Waals surface area contributed by atoms with Crippen molar-refractivity contribution in [1.29, 1.82) is 0 Å². The molecule has 1 aliphatic rings. The van der Waals surface area contributed by atoms with Crippen LogP contribution in [0.3, 0.4) is 0 Å². The highest BCUT2D eigenvalue weighted by molar-refractivity contribution is 5.83. The predicted octanol–water partition coefficient (Wildman–Crippen LogP) is 3.10. The quantitative estimate of drug-likeness (QED) is 0.877. The minimum Gasteiger partial charge on any atom is -0.378 e. The fourth-order valence-electron chi connectivity index (χ4n) is 3.15. The number of benzene rings is 1. The van der Waals surface area contributed by atoms with Crippen molar-refractivity contribution < 1.29 is 4.74 Å². The maximum atomic E-state index is 5.73. The number of para-hydroxylation sites is 1. The fraction of sp³-hybridized carbons (Fsp3) is 0.529. The van der Waals surface area contributed by atoms with E-state index in [1.165, 1.54) is 29.3 Å². The lowest BCUT2D eigenvalue weighted by atomic mass is 10.1. The van der Waals surface area contributed by atoms with E-state index in [-0.39, 0.29) is 0 Å². The molecule has 0 aliphatic carbocycles. The lowest BCUT2D eigenvalue weighted by Gasteiger charge is -2.10. The lowest BCUT2D eigenvalue weighted by Crippen LogP contribution is -2.09. The minimum absolute atomic E-state index is 0.462. The highest BCUT2D eigenvalue weighted by atomic mass is 16.5. The molecule has 1 unspecified atom stereocenters. The van der Waals surface area contributed by atoms with Gasteiger partial charge in [-0.2, -0.15) is 0 Å². The van der Waals surface area contributed by atoms with E-state index < -0.39 is 0 Å². The topological polar surface area (TPSA) is 40.2 Å². The Bertz CT molecular complexity index is 555. The van der Waals surface area contributed by atoms with Gasteiger partial charge < -0.3 is 15.0 Å². The van der Waals surface area contributed by atoms with Gasteiger partial charge in [0.15, 0.2) is 0 Å². The molecule has 2 aromatic rings. The molecule has 0 amide bonds. The van der Waals surface area contributed by atoms with Crippen molar-refractivity contribution in [3.8, 4) is 0 Å². The minimum atomic E-state index is 0.462. The Balaban J connectivity index is 1.78. The van der Waals surface area contributed by atoms with Crippen LogP contribution < -0.4 is 5.73 Å². The molecule has 2 heterocycles. The van der Waals surface area contributed by atoms with E-state index in [0.717, 1.165) is 39.0 Å². The molecule has 1 saturated heterocycles. The van der Waals surface area contributed by atoms with Crippen molar-refractivity contribution in [3.63, 3.8) is 0 Å². The average molecular weight is 272 g/mol. The van der Waals surface area contributed by atoms with E-state index in [4.69, 9.17) is 10.5 Å². The molecular weight excluding hydrogens is 248 g/mol. The molecule has 20 heavy (non-hydrogen) atoms. The Morgan fingerprint density at radius 3 is 3.00 bits per heavy atom. The van der Waals surface area contributed by atoms with Crippen LogP contribution in [0.25, 0.3) is 10.9 Å². The van der Waals surface area contributed by atoms with Crippen molar-refractivity contribution in [2.45, 2.75) is 44.8 Å². The van der Waals surface area contributed by atoms with Crippen molar-refractivity contribution in [3.05, 3.63) is 36.0 Å². The number of aryl methyl sites for hydroxylation is 2. The Hall–Kier alpha value is -1.32. The van der Waals surface area contributed by atoms with Crippen LogP contribution in [0.4, 0.5) is 0 Å². The third-order valence-electron chi connectivity index (χ3n) is 4.24. The van der Waals surface area contributed by atoms with Gasteiger partial charge in [0.25, 0.3) is 0 Å². The van der Waals surface area contributed by atoms with Crippen molar-refractivity contribution in [2.24, 2.45) is 5.73 Å². The van der Waals surface area contributed by atoms with Gasteiger partial charge in [-0.15, -0.1) is 0 Å². The number of aromatic nitrogens is 1. The van der Waals surface area contributed by atoms with Crippen LogP contribution in [-0.4, -0.2) is 23.8 Å². The zero-order valence-corrected chi connectivity index (χ0v) is 12.1. The summed E-state index contributed by atoms with van der Waals surface area (Å²) in [6.07, 6.45) is 8.47. The maximum absolute atomic E-state index is 5.73. The van der Waals surface area contributed by atoms with Gasteiger partial charge >= 0.3 is 0 Å². The third-order valence-corrected chi connectivity index (χ3v) is 4.24. The van der Waals surface area contributed by atoms with E-state index in [2.05, 4.69) is 35.0 Å². The SMILES string of the molecule is NCCCc1cn(CCC2CCCO2)c2ccccc12. The molecule has 108 valence electrons. The lowest BCUT2D eigenvalue weighted by molar-refractivity contribution is 0.101. The number of nitrogens with zero attached hydrogens (tertiary/aromatic N) is 1. The molecular formula is C17H24N2O. The summed E-state index contributed by atoms with van der Waals surface area (Å²) in [5, 5.41) is 1.38. The molecule has 0 spiro atoms. The third kappa shape index (κ3) is 2.89. The second-order valence-corrected chi connectivity index (χ2v) is 5.68. The molecule has 2 N–H and O–H groups in total. The molecule has 3 heteroatoms. The van der Waals surface area contributed by atoms with Gasteiger partial charge in [0.2, 0.25) is 0 Å². The first kappa shape index (κ1) is 13.7. The normalized spacial score (nSPS) is 18.9. The van der Waals surface area contributed by atoms with Gasteiger partial charge in [0, 0.05) is 30.3 Å². The van der Waals surface area contributed by atoms with Crippen LogP contribution >= 0.6 is 0 Å². The van der Waals surface area contributed by atoms with Crippen LogP contribution in [0.1, 0.15) is 31.2 Å². The van der Waals surface area contributed by atoms with Crippen molar-refractivity contribution in [2.75, 3.05) is 13.2 Å². The van der Waals surface area contributed by atoms with Crippen LogP contribution in [-0.2, 0) is 17.7 Å². The van der Waals surface area contributed by atoms with Gasteiger partial charge in [-0.1, -0.05) is 18.2 Å². The van der Waals surface area contributed by atoms with Gasteiger partial charge in [0.05, 0.1) is 6.10 Å². The molecule has 1 aromatic heterocycles. The Labute approximate surface area is 120 Å². The van der Waals surface area contributed by atoms with E-state index in [1.807, 2.05) is 0 Å². The van der Waals surface area contributed by atoms with Gasteiger partial charge in [0.1, 0.15) is 0 Å². The first-order valence-electron chi connectivity index (χ1n) is 7.77. The van der Waals surface area contributed by atoms with Crippen molar-refractivity contribution >= 4 is 10.9 Å². The zero-order valence-electron chi connectivity index (χ0n) is 12.1. The first-order valence-corrected chi connectivity index (χ1v) is 7.77. The average Bonchev–Trinajstić information content (AvgIpc) is 3.11. The van der Waals surface area contributed by atoms with Crippen LogP contribution in [0.5, 0.6) is 0 Å². The standard InChI is InChI=1S/C17H24N2O/c18-10-3-5-14-13-19(11-9-15-6-4-12-20-15)17-8-2-1-7-16(14)17/h1-2,7-8,13,15H,3-6,9-12,18H2. The highest BCUT2D eigenvalue weighted by Crippen LogP contribution is 2.24. The summed E-state index contributed by atoms with van der Waals surface area (Å²) in [5.74, 6) is 0. The summed E-state index contributed by atoms with van der Waals surface area (Å²) in [6.45, 7) is 2.75. The van der Waals surface area contributed by atoms with E-state index in [0.29, 0.717) is 6.10 Å². The molecule has 1 atom stereocenters. The predicted molar refractivity (Wildman–Crippen MR) is 82.9 cm³/mol. The number of fused-ring (bicyclic) bond motifs is 1. The number of nitrogens with two attached hydrogens (primary N) is 1. The van der Waals surface area contributed by atoms with Crippen LogP contribution in [0, 0.1) is 0 Å². The van der Waals surface area contributed by atoms with E-state index >= 15 is 0 Å². The number of hydrogen-bond acceptors (Lipinski definition) is 2. The van der Waals surface area contributed by atoms with Crippen molar-refractivity contribution in [1.82, 2.24) is 4.57 Å². The van der Waals surface area contributed by atoms with E-state index in [9.17, 15) is 0 Å². The fourth-order valence-corrected chi connectivity index (χ4v) is 3.15. The zero-order chi connectivity index (χ0) is 13.8. The molecule has 1 fully saturated rings. The Morgan fingerprint density at radius 2 is 2.20 bits per heavy atom. The molecule has 0 bridgehead atoms. The second-order valence-electron chi connectivity index (χ2n) is 5.68. The number of ether oxygens (including phenoxy) is 1. The van der Waals surface area contributed by atoms with Gasteiger partial charge in [-0.3, -0.25) is 0 Å². The van der Waals surface area contributed by atoms with Gasteiger partial charge in [-0.25, -0.2) is 0 Å². The molecule has 0 saturated carbocycles. The monoisotopic (exact) mass is 272 g/mol. The molecule has 1 aliphatic heterocycles.